The highest BCUT2D eigenvalue weighted by atomic mass is 16.1. The second kappa shape index (κ2) is 3.05. The van der Waals surface area contributed by atoms with Crippen molar-refractivity contribution in [2.24, 2.45) is 0 Å². The van der Waals surface area contributed by atoms with E-state index in [1.54, 1.807) is 0 Å². The van der Waals surface area contributed by atoms with Gasteiger partial charge in [-0.2, -0.15) is 0 Å². The van der Waals surface area contributed by atoms with Crippen molar-refractivity contribution in [3.05, 3.63) is 41.6 Å². The summed E-state index contributed by atoms with van der Waals surface area (Å²) in [7, 11) is 0. The van der Waals surface area contributed by atoms with Gasteiger partial charge in [0.15, 0.2) is 0 Å². The number of hydrogen-bond donors (Lipinski definition) is 1. The normalized spacial score (nSPS) is 14.8. The summed E-state index contributed by atoms with van der Waals surface area (Å²) in [6.45, 7) is 0.714. The molecule has 0 bridgehead atoms. The number of pyridine rings is 1. The molecule has 2 heterocycles. The maximum absolute atomic E-state index is 11.6. The van der Waals surface area contributed by atoms with Crippen molar-refractivity contribution < 1.29 is 4.79 Å². The number of nitrogens with one attached hydrogen (secondary N) is 1. The first kappa shape index (κ1) is 8.41. The Morgan fingerprint density at radius 2 is 2.13 bits per heavy atom. The van der Waals surface area contributed by atoms with Crippen molar-refractivity contribution in [2.75, 3.05) is 6.54 Å². The van der Waals surface area contributed by atoms with Crippen molar-refractivity contribution >= 4 is 16.8 Å². The molecule has 0 spiro atoms. The third-order valence-corrected chi connectivity index (χ3v) is 2.70. The van der Waals surface area contributed by atoms with E-state index in [9.17, 15) is 4.79 Å². The highest BCUT2D eigenvalue weighted by Gasteiger charge is 2.18. The molecule has 1 aliphatic heterocycles. The number of amides is 1. The molecule has 1 amide bonds. The van der Waals surface area contributed by atoms with Gasteiger partial charge < -0.3 is 5.32 Å². The predicted molar refractivity (Wildman–Crippen MR) is 57.8 cm³/mol. The van der Waals surface area contributed by atoms with Crippen LogP contribution in [0.4, 0.5) is 0 Å². The number of fused-ring (bicyclic) bond motifs is 2. The largest absolute Gasteiger partial charge is 0.350 e. The van der Waals surface area contributed by atoms with Gasteiger partial charge >= 0.3 is 0 Å². The average molecular weight is 198 g/mol. The molecule has 3 nitrogen and oxygen atoms in total. The summed E-state index contributed by atoms with van der Waals surface area (Å²) < 4.78 is 0. The minimum Gasteiger partial charge on any atom is -0.350 e. The summed E-state index contributed by atoms with van der Waals surface area (Å²) in [5.74, 6) is -0.0537. The van der Waals surface area contributed by atoms with Crippen LogP contribution in [0.2, 0.25) is 0 Å². The minimum absolute atomic E-state index is 0.0537. The smallest absolute Gasteiger partial charge is 0.270 e. The SMILES string of the molecule is O=C1NCCc2cc3ccccc3nc21. The molecule has 74 valence electrons. The molecule has 0 radical (unpaired) electrons. The number of carbonyl (C=O) groups is 1. The molecule has 2 aromatic rings. The van der Waals surface area contributed by atoms with Crippen LogP contribution in [0.25, 0.3) is 10.9 Å². The van der Waals surface area contributed by atoms with Crippen molar-refractivity contribution in [1.82, 2.24) is 10.3 Å². The van der Waals surface area contributed by atoms with E-state index in [2.05, 4.69) is 16.4 Å². The van der Waals surface area contributed by atoms with Gasteiger partial charge in [0.2, 0.25) is 0 Å². The molecule has 3 rings (SSSR count). The molecule has 3 heteroatoms. The van der Waals surface area contributed by atoms with E-state index < -0.39 is 0 Å². The van der Waals surface area contributed by atoms with E-state index in [0.717, 1.165) is 22.9 Å². The van der Waals surface area contributed by atoms with E-state index in [1.165, 1.54) is 0 Å². The lowest BCUT2D eigenvalue weighted by Gasteiger charge is -2.15. The van der Waals surface area contributed by atoms with Crippen molar-refractivity contribution in [3.8, 4) is 0 Å². The summed E-state index contributed by atoms with van der Waals surface area (Å²) in [6.07, 6.45) is 0.874. The maximum atomic E-state index is 11.6. The van der Waals surface area contributed by atoms with Crippen LogP contribution >= 0.6 is 0 Å². The Morgan fingerprint density at radius 1 is 1.27 bits per heavy atom. The molecule has 0 unspecified atom stereocenters. The van der Waals surface area contributed by atoms with Crippen LogP contribution in [0.3, 0.4) is 0 Å². The standard InChI is InChI=1S/C12H10N2O/c15-12-11-9(5-6-13-12)7-8-3-1-2-4-10(8)14-11/h1-4,7H,5-6H2,(H,13,15). The quantitative estimate of drug-likeness (QED) is 0.697. The summed E-state index contributed by atoms with van der Waals surface area (Å²) in [4.78, 5) is 15.9. The Hall–Kier alpha value is -1.90. The molecule has 0 aliphatic carbocycles. The van der Waals surface area contributed by atoms with Gasteiger partial charge in [-0.3, -0.25) is 4.79 Å². The zero-order chi connectivity index (χ0) is 10.3. The number of para-hydroxylation sites is 1. The fraction of sp³-hybridized carbons (Fsp3) is 0.167. The van der Waals surface area contributed by atoms with Crippen LogP contribution in [0.15, 0.2) is 30.3 Å². The van der Waals surface area contributed by atoms with Gasteiger partial charge in [0, 0.05) is 11.9 Å². The molecule has 0 saturated heterocycles. The lowest BCUT2D eigenvalue weighted by molar-refractivity contribution is 0.0941. The Labute approximate surface area is 87.1 Å². The van der Waals surface area contributed by atoms with Crippen molar-refractivity contribution in [1.29, 1.82) is 0 Å². The van der Waals surface area contributed by atoms with Crippen LogP contribution in [0, 0.1) is 0 Å². The summed E-state index contributed by atoms with van der Waals surface area (Å²) in [5.41, 5.74) is 2.52. The fourth-order valence-corrected chi connectivity index (χ4v) is 1.94. The van der Waals surface area contributed by atoms with Gasteiger partial charge in [-0.05, 0) is 24.1 Å². The fourth-order valence-electron chi connectivity index (χ4n) is 1.94. The second-order valence-electron chi connectivity index (χ2n) is 3.69. The highest BCUT2D eigenvalue weighted by Crippen LogP contribution is 2.18. The summed E-state index contributed by atoms with van der Waals surface area (Å²) >= 11 is 0. The zero-order valence-electron chi connectivity index (χ0n) is 8.16. The van der Waals surface area contributed by atoms with Crippen LogP contribution < -0.4 is 5.32 Å². The maximum Gasteiger partial charge on any atom is 0.270 e. The van der Waals surface area contributed by atoms with Crippen LogP contribution in [0.1, 0.15) is 16.1 Å². The number of nitrogens with zero attached hydrogens (tertiary/aromatic N) is 1. The molecule has 15 heavy (non-hydrogen) atoms. The third-order valence-electron chi connectivity index (χ3n) is 2.70. The van der Waals surface area contributed by atoms with E-state index in [0.29, 0.717) is 12.2 Å². The van der Waals surface area contributed by atoms with Gasteiger partial charge in [0.1, 0.15) is 5.69 Å². The molecule has 0 saturated carbocycles. The van der Waals surface area contributed by atoms with Crippen LogP contribution in [-0.2, 0) is 6.42 Å². The van der Waals surface area contributed by atoms with Crippen LogP contribution in [-0.4, -0.2) is 17.4 Å². The Kier molecular flexibility index (Phi) is 1.71. The van der Waals surface area contributed by atoms with Gasteiger partial charge in [-0.15, -0.1) is 0 Å². The molecular weight excluding hydrogens is 188 g/mol. The lowest BCUT2D eigenvalue weighted by Crippen LogP contribution is -2.32. The molecule has 1 N–H and O–H groups in total. The van der Waals surface area contributed by atoms with Crippen LogP contribution in [0.5, 0.6) is 0 Å². The third kappa shape index (κ3) is 1.28. The molecule has 1 aromatic carbocycles. The molecule has 1 aliphatic rings. The average Bonchev–Trinajstić information content (AvgIpc) is 2.27. The number of rotatable bonds is 0. The Balaban J connectivity index is 2.32. The van der Waals surface area contributed by atoms with Crippen molar-refractivity contribution in [2.45, 2.75) is 6.42 Å². The summed E-state index contributed by atoms with van der Waals surface area (Å²) in [6, 6.07) is 9.94. The van der Waals surface area contributed by atoms with Gasteiger partial charge in [-0.1, -0.05) is 18.2 Å². The van der Waals surface area contributed by atoms with Gasteiger partial charge in [0.05, 0.1) is 5.52 Å². The number of aromatic nitrogens is 1. The van der Waals surface area contributed by atoms with E-state index in [1.807, 2.05) is 24.3 Å². The first-order valence-corrected chi connectivity index (χ1v) is 5.01. The van der Waals surface area contributed by atoms with Gasteiger partial charge in [-0.25, -0.2) is 4.98 Å². The number of carbonyl (C=O) groups excluding carboxylic acids is 1. The first-order chi connectivity index (χ1) is 7.34. The summed E-state index contributed by atoms with van der Waals surface area (Å²) in [5, 5.41) is 3.90. The Bertz CT molecular complexity index is 548. The van der Waals surface area contributed by atoms with E-state index in [-0.39, 0.29) is 5.91 Å². The topological polar surface area (TPSA) is 42.0 Å². The van der Waals surface area contributed by atoms with Crippen molar-refractivity contribution in [3.63, 3.8) is 0 Å². The molecule has 1 aromatic heterocycles. The first-order valence-electron chi connectivity index (χ1n) is 5.01. The molecular formula is C12H10N2O. The van der Waals surface area contributed by atoms with E-state index >= 15 is 0 Å². The van der Waals surface area contributed by atoms with Gasteiger partial charge in [0.25, 0.3) is 5.91 Å². The lowest BCUT2D eigenvalue weighted by atomic mass is 10.0. The number of benzene rings is 1. The highest BCUT2D eigenvalue weighted by molar-refractivity contribution is 5.97. The zero-order valence-corrected chi connectivity index (χ0v) is 8.16. The molecule has 0 fully saturated rings. The predicted octanol–water partition coefficient (Wildman–Crippen LogP) is 1.52. The Morgan fingerprint density at radius 3 is 3.07 bits per heavy atom. The number of hydrogen-bond acceptors (Lipinski definition) is 2. The second-order valence-corrected chi connectivity index (χ2v) is 3.69. The van der Waals surface area contributed by atoms with E-state index in [4.69, 9.17) is 0 Å². The minimum atomic E-state index is -0.0537. The monoisotopic (exact) mass is 198 g/mol. The molecule has 0 atom stereocenters.